The monoisotopic (exact) mass is 535 g/mol. The van der Waals surface area contributed by atoms with Crippen LogP contribution in [-0.4, -0.2) is 91.8 Å². The molecule has 2 aromatic rings. The van der Waals surface area contributed by atoms with Crippen molar-refractivity contribution in [2.75, 3.05) is 6.61 Å². The summed E-state index contributed by atoms with van der Waals surface area (Å²) in [6, 6.07) is 0.963. The number of rotatable bonds is 15. The molecule has 0 saturated carbocycles. The fraction of sp³-hybridized carbons (Fsp3) is 0.391. The number of aromatic nitrogens is 1. The third-order valence-electron chi connectivity index (χ3n) is 5.54. The SMILES string of the molecule is NC(CC(=O)O)C(=O)NC(CCC(=O)O)C(=O)NC(CO)C(=O)NC(Cc1c[nH]c2ccccc12)C(=O)O. The second-order valence-corrected chi connectivity index (χ2v) is 8.40. The zero-order chi connectivity index (χ0) is 28.4. The average Bonchev–Trinajstić information content (AvgIpc) is 3.26. The first-order valence-electron chi connectivity index (χ1n) is 11.4. The molecule has 1 aromatic heterocycles. The van der Waals surface area contributed by atoms with E-state index >= 15 is 0 Å². The van der Waals surface area contributed by atoms with Crippen LogP contribution in [0.3, 0.4) is 0 Å². The quantitative estimate of drug-likeness (QED) is 0.119. The van der Waals surface area contributed by atoms with Gasteiger partial charge in [0.1, 0.15) is 18.1 Å². The fourth-order valence-corrected chi connectivity index (χ4v) is 3.56. The smallest absolute Gasteiger partial charge is 0.326 e. The highest BCUT2D eigenvalue weighted by Crippen LogP contribution is 2.19. The molecule has 4 unspecified atom stereocenters. The molecule has 1 heterocycles. The zero-order valence-electron chi connectivity index (χ0n) is 20.0. The lowest BCUT2D eigenvalue weighted by Gasteiger charge is -2.24. The number of para-hydroxylation sites is 1. The van der Waals surface area contributed by atoms with Crippen molar-refractivity contribution in [2.24, 2.45) is 5.73 Å². The van der Waals surface area contributed by atoms with Gasteiger partial charge in [0.25, 0.3) is 0 Å². The van der Waals surface area contributed by atoms with Gasteiger partial charge < -0.3 is 47.1 Å². The van der Waals surface area contributed by atoms with E-state index in [0.29, 0.717) is 5.56 Å². The number of aliphatic hydroxyl groups excluding tert-OH is 1. The number of hydrogen-bond donors (Lipinski definition) is 9. The minimum Gasteiger partial charge on any atom is -0.481 e. The third-order valence-corrected chi connectivity index (χ3v) is 5.54. The highest BCUT2D eigenvalue weighted by atomic mass is 16.4. The molecule has 0 spiro atoms. The second-order valence-electron chi connectivity index (χ2n) is 8.40. The van der Waals surface area contributed by atoms with Crippen molar-refractivity contribution < 1.29 is 49.2 Å². The first-order chi connectivity index (χ1) is 17.9. The van der Waals surface area contributed by atoms with Gasteiger partial charge in [-0.2, -0.15) is 0 Å². The average molecular weight is 536 g/mol. The van der Waals surface area contributed by atoms with Gasteiger partial charge in [-0.3, -0.25) is 24.0 Å². The highest BCUT2D eigenvalue weighted by Gasteiger charge is 2.31. The minimum absolute atomic E-state index is 0.115. The predicted octanol–water partition coefficient (Wildman–Crippen LogP) is -2.09. The number of aliphatic hydroxyl groups is 1. The largest absolute Gasteiger partial charge is 0.481 e. The summed E-state index contributed by atoms with van der Waals surface area (Å²) < 4.78 is 0. The van der Waals surface area contributed by atoms with E-state index in [9.17, 15) is 39.0 Å². The highest BCUT2D eigenvalue weighted by molar-refractivity contribution is 5.95. The van der Waals surface area contributed by atoms with E-state index in [0.717, 1.165) is 10.9 Å². The Balaban J connectivity index is 2.10. The number of nitrogens with two attached hydrogens (primary N) is 1. The molecular weight excluding hydrogens is 506 g/mol. The number of aromatic amines is 1. The fourth-order valence-electron chi connectivity index (χ4n) is 3.56. The molecule has 0 fully saturated rings. The lowest BCUT2D eigenvalue weighted by Crippen LogP contribution is -2.58. The van der Waals surface area contributed by atoms with Crippen molar-refractivity contribution in [1.29, 1.82) is 0 Å². The molecule has 206 valence electrons. The Morgan fingerprint density at radius 3 is 2.05 bits per heavy atom. The van der Waals surface area contributed by atoms with Crippen LogP contribution in [0.1, 0.15) is 24.8 Å². The van der Waals surface area contributed by atoms with Crippen LogP contribution in [0.15, 0.2) is 30.5 Å². The number of carbonyl (C=O) groups excluding carboxylic acids is 3. The predicted molar refractivity (Wildman–Crippen MR) is 130 cm³/mol. The zero-order valence-corrected chi connectivity index (χ0v) is 20.0. The summed E-state index contributed by atoms with van der Waals surface area (Å²) >= 11 is 0. The van der Waals surface area contributed by atoms with E-state index in [1.165, 1.54) is 0 Å². The number of carboxylic acid groups (broad SMARTS) is 3. The summed E-state index contributed by atoms with van der Waals surface area (Å²) in [6.45, 7) is -0.949. The van der Waals surface area contributed by atoms with E-state index < -0.39 is 85.7 Å². The topological polar surface area (TPSA) is 261 Å². The van der Waals surface area contributed by atoms with Crippen LogP contribution in [-0.2, 0) is 35.2 Å². The van der Waals surface area contributed by atoms with Crippen LogP contribution in [0.4, 0.5) is 0 Å². The maximum absolute atomic E-state index is 12.7. The minimum atomic E-state index is -1.65. The van der Waals surface area contributed by atoms with Gasteiger partial charge in [-0.15, -0.1) is 0 Å². The van der Waals surface area contributed by atoms with E-state index in [1.54, 1.807) is 30.5 Å². The first-order valence-corrected chi connectivity index (χ1v) is 11.4. The van der Waals surface area contributed by atoms with Crippen molar-refractivity contribution in [1.82, 2.24) is 20.9 Å². The number of amides is 3. The van der Waals surface area contributed by atoms with Crippen LogP contribution < -0.4 is 21.7 Å². The van der Waals surface area contributed by atoms with Gasteiger partial charge in [-0.25, -0.2) is 4.79 Å². The molecule has 1 aromatic carbocycles. The number of hydrogen-bond acceptors (Lipinski definition) is 8. The summed E-state index contributed by atoms with van der Waals surface area (Å²) in [5, 5.41) is 44.3. The van der Waals surface area contributed by atoms with Gasteiger partial charge in [-0.05, 0) is 18.1 Å². The molecular formula is C23H29N5O10. The lowest BCUT2D eigenvalue weighted by atomic mass is 10.0. The van der Waals surface area contributed by atoms with Crippen molar-refractivity contribution in [3.8, 4) is 0 Å². The molecule has 0 radical (unpaired) electrons. The molecule has 0 aliphatic rings. The van der Waals surface area contributed by atoms with E-state index in [2.05, 4.69) is 20.9 Å². The van der Waals surface area contributed by atoms with E-state index in [1.807, 2.05) is 0 Å². The maximum Gasteiger partial charge on any atom is 0.326 e. The molecule has 10 N–H and O–H groups in total. The summed E-state index contributed by atoms with van der Waals surface area (Å²) in [4.78, 5) is 74.2. The number of fused-ring (bicyclic) bond motifs is 1. The molecule has 15 nitrogen and oxygen atoms in total. The van der Waals surface area contributed by atoms with Gasteiger partial charge in [0, 0.05) is 29.9 Å². The van der Waals surface area contributed by atoms with Gasteiger partial charge in [-0.1, -0.05) is 18.2 Å². The van der Waals surface area contributed by atoms with Crippen LogP contribution in [0, 0.1) is 0 Å². The second kappa shape index (κ2) is 13.7. The standard InChI is InChI=1S/C23H29N5O10/c24-13(8-19(32)33)20(34)26-15(5-6-18(30)31)21(35)28-17(10-29)22(36)27-16(23(37)38)7-11-9-25-14-4-2-1-3-12(11)14/h1-4,9,13,15-17,25,29H,5-8,10,24H2,(H,26,34)(H,27,36)(H,28,35)(H,30,31)(H,32,33)(H,37,38). The van der Waals surface area contributed by atoms with Crippen LogP contribution >= 0.6 is 0 Å². The number of carboxylic acids is 3. The molecule has 0 bridgehead atoms. The summed E-state index contributed by atoms with van der Waals surface area (Å²) in [5.74, 6) is -7.21. The molecule has 0 saturated heterocycles. The van der Waals surface area contributed by atoms with E-state index in [-0.39, 0.29) is 6.42 Å². The summed E-state index contributed by atoms with van der Waals surface area (Å²) in [5.41, 5.74) is 6.83. The molecule has 38 heavy (non-hydrogen) atoms. The Hall–Kier alpha value is -4.50. The van der Waals surface area contributed by atoms with E-state index in [4.69, 9.17) is 15.9 Å². The normalized spacial score (nSPS) is 14.1. The molecule has 3 amide bonds. The Labute approximate surface area is 215 Å². The number of H-pyrrole nitrogens is 1. The van der Waals surface area contributed by atoms with Crippen molar-refractivity contribution in [3.63, 3.8) is 0 Å². The third kappa shape index (κ3) is 8.56. The van der Waals surface area contributed by atoms with Crippen molar-refractivity contribution in [3.05, 3.63) is 36.0 Å². The maximum atomic E-state index is 12.7. The Morgan fingerprint density at radius 1 is 0.842 bits per heavy atom. The summed E-state index contributed by atoms with van der Waals surface area (Å²) in [7, 11) is 0. The molecule has 0 aliphatic heterocycles. The Kier molecular flexibility index (Phi) is 10.7. The Morgan fingerprint density at radius 2 is 1.45 bits per heavy atom. The van der Waals surface area contributed by atoms with Crippen LogP contribution in [0.2, 0.25) is 0 Å². The van der Waals surface area contributed by atoms with Crippen LogP contribution in [0.5, 0.6) is 0 Å². The molecule has 4 atom stereocenters. The van der Waals surface area contributed by atoms with Gasteiger partial charge >= 0.3 is 17.9 Å². The van der Waals surface area contributed by atoms with Gasteiger partial charge in [0.2, 0.25) is 17.7 Å². The van der Waals surface area contributed by atoms with Gasteiger partial charge in [0.05, 0.1) is 19.1 Å². The summed E-state index contributed by atoms with van der Waals surface area (Å²) in [6.07, 6.45) is -0.286. The molecule has 2 rings (SSSR count). The molecule has 0 aliphatic carbocycles. The van der Waals surface area contributed by atoms with Crippen molar-refractivity contribution >= 4 is 46.5 Å². The Bertz CT molecular complexity index is 1200. The van der Waals surface area contributed by atoms with Gasteiger partial charge in [0.15, 0.2) is 0 Å². The number of aliphatic carboxylic acids is 3. The lowest BCUT2D eigenvalue weighted by molar-refractivity contribution is -0.142. The number of benzene rings is 1. The van der Waals surface area contributed by atoms with Crippen molar-refractivity contribution in [2.45, 2.75) is 49.9 Å². The van der Waals surface area contributed by atoms with Crippen LogP contribution in [0.25, 0.3) is 10.9 Å². The first kappa shape index (κ1) is 29.7. The number of nitrogens with one attached hydrogen (secondary N) is 4. The molecule has 15 heteroatoms. The number of carbonyl (C=O) groups is 6.